The van der Waals surface area contributed by atoms with Gasteiger partial charge in [0.25, 0.3) is 0 Å². The Kier molecular flexibility index (Phi) is 5.68. The number of nitrogens with one attached hydrogen (secondary N) is 1. The molecule has 1 saturated heterocycles. The summed E-state index contributed by atoms with van der Waals surface area (Å²) in [4.78, 5) is 14.3. The lowest BCUT2D eigenvalue weighted by Crippen LogP contribution is -2.32. The molecule has 1 aliphatic heterocycles. The maximum atomic E-state index is 12.3. The molecule has 0 saturated carbocycles. The van der Waals surface area contributed by atoms with Crippen molar-refractivity contribution in [2.75, 3.05) is 25.0 Å². The van der Waals surface area contributed by atoms with Gasteiger partial charge in [-0.2, -0.15) is 0 Å². The first-order valence-corrected chi connectivity index (χ1v) is 8.63. The highest BCUT2D eigenvalue weighted by Crippen LogP contribution is 2.24. The van der Waals surface area contributed by atoms with Crippen LogP contribution in [0.25, 0.3) is 0 Å². The van der Waals surface area contributed by atoms with E-state index in [0.29, 0.717) is 18.0 Å². The lowest BCUT2D eigenvalue weighted by atomic mass is 10.0. The molecule has 2 aromatic rings. The molecule has 0 spiro atoms. The van der Waals surface area contributed by atoms with E-state index in [1.54, 1.807) is 0 Å². The van der Waals surface area contributed by atoms with Crippen molar-refractivity contribution in [1.29, 1.82) is 0 Å². The van der Waals surface area contributed by atoms with Crippen LogP contribution in [0.5, 0.6) is 11.5 Å². The molecule has 1 heterocycles. The van der Waals surface area contributed by atoms with Crippen molar-refractivity contribution in [3.05, 3.63) is 54.6 Å². The molecule has 2 aromatic carbocycles. The molecular formula is C20H24N2O3. The monoisotopic (exact) mass is 340 g/mol. The van der Waals surface area contributed by atoms with Crippen LogP contribution < -0.4 is 10.1 Å². The fourth-order valence-corrected chi connectivity index (χ4v) is 3.07. The van der Waals surface area contributed by atoms with Crippen molar-refractivity contribution in [2.24, 2.45) is 5.92 Å². The Morgan fingerprint density at radius 2 is 2.00 bits per heavy atom. The van der Waals surface area contributed by atoms with E-state index < -0.39 is 0 Å². The lowest BCUT2D eigenvalue weighted by Gasteiger charge is -2.17. The van der Waals surface area contributed by atoms with Crippen LogP contribution in [0.1, 0.15) is 13.3 Å². The molecule has 5 heteroatoms. The van der Waals surface area contributed by atoms with Crippen molar-refractivity contribution >= 4 is 11.6 Å². The summed E-state index contributed by atoms with van der Waals surface area (Å²) in [5.41, 5.74) is 0.713. The maximum absolute atomic E-state index is 12.3. The van der Waals surface area contributed by atoms with Gasteiger partial charge in [0.05, 0.1) is 12.6 Å². The summed E-state index contributed by atoms with van der Waals surface area (Å²) >= 11 is 0. The smallest absolute Gasteiger partial charge is 0.238 e. The van der Waals surface area contributed by atoms with Crippen molar-refractivity contribution in [3.8, 4) is 11.5 Å². The largest absolute Gasteiger partial charge is 0.457 e. The standard InChI is InChI=1S/C20H24N2O3/c1-15(23)16-10-11-22(13-16)14-20(24)21-17-6-5-9-19(12-17)25-18-7-3-2-4-8-18/h2-9,12,15-16,23H,10-11,13-14H2,1H3,(H,21,24). The van der Waals surface area contributed by atoms with E-state index in [9.17, 15) is 9.90 Å². The van der Waals surface area contributed by atoms with Crippen molar-refractivity contribution < 1.29 is 14.6 Å². The Balaban J connectivity index is 1.54. The third-order valence-electron chi connectivity index (χ3n) is 4.45. The Bertz CT molecular complexity index is 703. The zero-order valence-corrected chi connectivity index (χ0v) is 14.4. The number of likely N-dealkylation sites (tertiary alicyclic amines) is 1. The number of benzene rings is 2. The number of nitrogens with zero attached hydrogens (tertiary/aromatic N) is 1. The van der Waals surface area contributed by atoms with Gasteiger partial charge in [0, 0.05) is 18.3 Å². The fourth-order valence-electron chi connectivity index (χ4n) is 3.07. The highest BCUT2D eigenvalue weighted by atomic mass is 16.5. The van der Waals surface area contributed by atoms with Crippen LogP contribution in [0, 0.1) is 5.92 Å². The average molecular weight is 340 g/mol. The van der Waals surface area contributed by atoms with E-state index >= 15 is 0 Å². The fraction of sp³-hybridized carbons (Fsp3) is 0.350. The van der Waals surface area contributed by atoms with E-state index in [1.165, 1.54) is 0 Å². The highest BCUT2D eigenvalue weighted by molar-refractivity contribution is 5.92. The van der Waals surface area contributed by atoms with E-state index in [1.807, 2.05) is 61.5 Å². The maximum Gasteiger partial charge on any atom is 0.238 e. The van der Waals surface area contributed by atoms with Gasteiger partial charge in [0.15, 0.2) is 0 Å². The second-order valence-electron chi connectivity index (χ2n) is 6.52. The molecule has 25 heavy (non-hydrogen) atoms. The first kappa shape index (κ1) is 17.5. The molecule has 0 bridgehead atoms. The molecule has 2 unspecified atom stereocenters. The Morgan fingerprint density at radius 3 is 2.72 bits per heavy atom. The van der Waals surface area contributed by atoms with Gasteiger partial charge in [0.1, 0.15) is 11.5 Å². The molecule has 1 aliphatic rings. The summed E-state index contributed by atoms with van der Waals surface area (Å²) in [6.45, 7) is 3.77. The molecule has 0 aromatic heterocycles. The molecule has 0 radical (unpaired) electrons. The summed E-state index contributed by atoms with van der Waals surface area (Å²) in [7, 11) is 0. The molecule has 1 amide bonds. The van der Waals surface area contributed by atoms with Crippen molar-refractivity contribution in [1.82, 2.24) is 4.90 Å². The Hall–Kier alpha value is -2.37. The summed E-state index contributed by atoms with van der Waals surface area (Å²) < 4.78 is 5.78. The van der Waals surface area contributed by atoms with Gasteiger partial charge in [-0.05, 0) is 50.1 Å². The number of hydrogen-bond donors (Lipinski definition) is 2. The van der Waals surface area contributed by atoms with Gasteiger partial charge in [-0.15, -0.1) is 0 Å². The van der Waals surface area contributed by atoms with Gasteiger partial charge < -0.3 is 15.2 Å². The first-order valence-electron chi connectivity index (χ1n) is 8.63. The molecule has 0 aliphatic carbocycles. The van der Waals surface area contributed by atoms with Crippen LogP contribution in [-0.4, -0.2) is 41.7 Å². The predicted octanol–water partition coefficient (Wildman–Crippen LogP) is 3.12. The van der Waals surface area contributed by atoms with Crippen LogP contribution in [0.3, 0.4) is 0 Å². The van der Waals surface area contributed by atoms with Crippen LogP contribution in [0.2, 0.25) is 0 Å². The van der Waals surface area contributed by atoms with Gasteiger partial charge in [0.2, 0.25) is 5.91 Å². The number of anilines is 1. The second-order valence-corrected chi connectivity index (χ2v) is 6.52. The summed E-state index contributed by atoms with van der Waals surface area (Å²) in [5, 5.41) is 12.6. The van der Waals surface area contributed by atoms with Crippen LogP contribution in [0.15, 0.2) is 54.6 Å². The number of aliphatic hydroxyl groups excluding tert-OH is 1. The predicted molar refractivity (Wildman–Crippen MR) is 97.8 cm³/mol. The minimum atomic E-state index is -0.320. The van der Waals surface area contributed by atoms with E-state index in [2.05, 4.69) is 10.2 Å². The van der Waals surface area contributed by atoms with Crippen LogP contribution in [0.4, 0.5) is 5.69 Å². The lowest BCUT2D eigenvalue weighted by molar-refractivity contribution is -0.117. The average Bonchev–Trinajstić information content (AvgIpc) is 3.05. The number of ether oxygens (including phenoxy) is 1. The molecule has 3 rings (SSSR count). The number of para-hydroxylation sites is 1. The van der Waals surface area contributed by atoms with Gasteiger partial charge in [-0.3, -0.25) is 9.69 Å². The molecule has 2 atom stereocenters. The van der Waals surface area contributed by atoms with E-state index in [0.717, 1.165) is 25.3 Å². The minimum Gasteiger partial charge on any atom is -0.457 e. The van der Waals surface area contributed by atoms with Gasteiger partial charge >= 0.3 is 0 Å². The number of carbonyl (C=O) groups excluding carboxylic acids is 1. The molecule has 5 nitrogen and oxygen atoms in total. The molecular weight excluding hydrogens is 316 g/mol. The number of amides is 1. The summed E-state index contributed by atoms with van der Waals surface area (Å²) in [5.74, 6) is 1.64. The topological polar surface area (TPSA) is 61.8 Å². The third-order valence-corrected chi connectivity index (χ3v) is 4.45. The first-order chi connectivity index (χ1) is 12.1. The zero-order chi connectivity index (χ0) is 17.6. The Morgan fingerprint density at radius 1 is 1.24 bits per heavy atom. The summed E-state index contributed by atoms with van der Waals surface area (Å²) in [6.07, 6.45) is 0.616. The SMILES string of the molecule is CC(O)C1CCN(CC(=O)Nc2cccc(Oc3ccccc3)c2)C1. The van der Waals surface area contributed by atoms with Crippen LogP contribution in [-0.2, 0) is 4.79 Å². The van der Waals surface area contributed by atoms with Crippen LogP contribution >= 0.6 is 0 Å². The van der Waals surface area contributed by atoms with Gasteiger partial charge in [-0.25, -0.2) is 0 Å². The van der Waals surface area contributed by atoms with E-state index in [-0.39, 0.29) is 17.9 Å². The zero-order valence-electron chi connectivity index (χ0n) is 14.4. The third kappa shape index (κ3) is 5.05. The summed E-state index contributed by atoms with van der Waals surface area (Å²) in [6, 6.07) is 16.9. The van der Waals surface area contributed by atoms with Crippen molar-refractivity contribution in [2.45, 2.75) is 19.4 Å². The number of carbonyl (C=O) groups is 1. The number of hydrogen-bond acceptors (Lipinski definition) is 4. The normalized spacial score (nSPS) is 18.7. The second kappa shape index (κ2) is 8.14. The Labute approximate surface area is 148 Å². The van der Waals surface area contributed by atoms with E-state index in [4.69, 9.17) is 4.74 Å². The van der Waals surface area contributed by atoms with Crippen molar-refractivity contribution in [3.63, 3.8) is 0 Å². The quantitative estimate of drug-likeness (QED) is 0.848. The van der Waals surface area contributed by atoms with Gasteiger partial charge in [-0.1, -0.05) is 24.3 Å². The number of rotatable bonds is 6. The highest BCUT2D eigenvalue weighted by Gasteiger charge is 2.26. The minimum absolute atomic E-state index is 0.0527. The molecule has 2 N–H and O–H groups in total. The molecule has 132 valence electrons. The number of aliphatic hydroxyl groups is 1. The molecule has 1 fully saturated rings.